The molecule has 0 amide bonds. The molecule has 0 aliphatic heterocycles. The van der Waals surface area contributed by atoms with Crippen LogP contribution in [0.15, 0.2) is 4.52 Å². The third-order valence-corrected chi connectivity index (χ3v) is 9.74. The first-order valence-corrected chi connectivity index (χ1v) is 13.9. The number of rotatable bonds is 6. The molecule has 176 valence electrons. The predicted octanol–water partition coefficient (Wildman–Crippen LogP) is 5.98. The number of nitrogens with one attached hydrogen (secondary N) is 5. The van der Waals surface area contributed by atoms with E-state index in [1.807, 2.05) is 41.5 Å². The monoisotopic (exact) mass is 452 g/mol. The van der Waals surface area contributed by atoms with E-state index in [0.717, 1.165) is 0 Å². The SMILES string of the molecule is CC(C)(C)NP(=O)(N=P(NC(C)(C)C)(NC(C)(C)C)NC(C)(C)C)NC(C)(C)C. The molecule has 0 atom stereocenters. The number of hydrogen-bond acceptors (Lipinski definition) is 1. The Morgan fingerprint density at radius 3 is 0.828 bits per heavy atom. The van der Waals surface area contributed by atoms with Gasteiger partial charge in [-0.15, -0.1) is 0 Å². The molecular weight excluding hydrogens is 402 g/mol. The van der Waals surface area contributed by atoms with Gasteiger partial charge in [-0.1, -0.05) is 0 Å². The highest BCUT2D eigenvalue weighted by atomic mass is 31.2. The molecule has 0 radical (unpaired) electrons. The van der Waals surface area contributed by atoms with E-state index in [1.165, 1.54) is 0 Å². The Morgan fingerprint density at radius 1 is 0.448 bits per heavy atom. The van der Waals surface area contributed by atoms with Crippen LogP contribution in [0.5, 0.6) is 0 Å². The lowest BCUT2D eigenvalue weighted by atomic mass is 10.1. The van der Waals surface area contributed by atoms with Gasteiger partial charge in [-0.3, -0.25) is 19.8 Å². The Bertz CT molecular complexity index is 573. The van der Waals surface area contributed by atoms with Crippen molar-refractivity contribution in [1.82, 2.24) is 25.4 Å². The van der Waals surface area contributed by atoms with Crippen LogP contribution in [0.4, 0.5) is 0 Å². The van der Waals surface area contributed by atoms with Gasteiger partial charge in [-0.25, -0.2) is 10.2 Å². The maximum absolute atomic E-state index is 14.2. The molecule has 0 aromatic heterocycles. The van der Waals surface area contributed by atoms with Crippen molar-refractivity contribution < 1.29 is 4.57 Å². The highest BCUT2D eigenvalue weighted by molar-refractivity contribution is 7.71. The van der Waals surface area contributed by atoms with E-state index < -0.39 is 15.1 Å². The van der Waals surface area contributed by atoms with Gasteiger partial charge in [0.2, 0.25) is 0 Å². The summed E-state index contributed by atoms with van der Waals surface area (Å²) >= 11 is 0. The van der Waals surface area contributed by atoms with Crippen molar-refractivity contribution in [3.63, 3.8) is 0 Å². The standard InChI is InChI=1S/C20H50N6OP2/c1-16(2,3)21-28(22-17(4,5)6,23-18(7,8)9)26-29(27,24-19(10,11)12)25-20(13,14)15/h21-23H,1-15H3,(H2,24,25,27). The van der Waals surface area contributed by atoms with Gasteiger partial charge in [0.05, 0.1) is 0 Å². The molecule has 0 rings (SSSR count). The summed E-state index contributed by atoms with van der Waals surface area (Å²) in [6.07, 6.45) is 0. The van der Waals surface area contributed by atoms with Crippen LogP contribution in [0.25, 0.3) is 0 Å². The minimum atomic E-state index is -3.36. The molecule has 0 saturated heterocycles. The van der Waals surface area contributed by atoms with Crippen LogP contribution in [-0.4, -0.2) is 27.7 Å². The molecule has 0 bridgehead atoms. The van der Waals surface area contributed by atoms with Crippen molar-refractivity contribution in [3.05, 3.63) is 0 Å². The van der Waals surface area contributed by atoms with E-state index in [-0.39, 0.29) is 27.7 Å². The third kappa shape index (κ3) is 14.8. The van der Waals surface area contributed by atoms with Gasteiger partial charge in [-0.2, -0.15) is 4.52 Å². The molecule has 0 fully saturated rings. The molecule has 0 saturated carbocycles. The molecule has 0 spiro atoms. The average molecular weight is 453 g/mol. The second-order valence-electron chi connectivity index (χ2n) is 13.1. The minimum absolute atomic E-state index is 0.248. The zero-order valence-corrected chi connectivity index (χ0v) is 23.5. The van der Waals surface area contributed by atoms with Crippen molar-refractivity contribution in [1.29, 1.82) is 0 Å². The first-order valence-electron chi connectivity index (χ1n) is 10.5. The first kappa shape index (κ1) is 29.3. The highest BCUT2D eigenvalue weighted by Crippen LogP contribution is 2.55. The van der Waals surface area contributed by atoms with Crippen LogP contribution in [0.3, 0.4) is 0 Å². The van der Waals surface area contributed by atoms with E-state index in [1.54, 1.807) is 0 Å². The van der Waals surface area contributed by atoms with Gasteiger partial charge in [0.1, 0.15) is 0 Å². The summed E-state index contributed by atoms with van der Waals surface area (Å²) in [5, 5.41) is 17.6. The molecule has 0 heterocycles. The summed E-state index contributed by atoms with van der Waals surface area (Å²) in [7, 11) is -6.02. The predicted molar refractivity (Wildman–Crippen MR) is 131 cm³/mol. The largest absolute Gasteiger partial charge is 0.327 e. The molecular formula is C20H50N6OP2. The maximum Gasteiger partial charge on any atom is 0.327 e. The van der Waals surface area contributed by atoms with Gasteiger partial charge in [0.25, 0.3) is 0 Å². The molecule has 9 heteroatoms. The van der Waals surface area contributed by atoms with E-state index in [0.29, 0.717) is 0 Å². The summed E-state index contributed by atoms with van der Waals surface area (Å²) < 4.78 is 19.3. The summed E-state index contributed by atoms with van der Waals surface area (Å²) in [6.45, 7) is 31.0. The second kappa shape index (κ2) is 9.02. The third-order valence-electron chi connectivity index (χ3n) is 2.73. The van der Waals surface area contributed by atoms with E-state index in [4.69, 9.17) is 4.52 Å². The Hall–Kier alpha value is 0.260. The van der Waals surface area contributed by atoms with Crippen LogP contribution in [-0.2, 0) is 4.57 Å². The maximum atomic E-state index is 14.2. The van der Waals surface area contributed by atoms with Crippen molar-refractivity contribution in [3.8, 4) is 0 Å². The quantitative estimate of drug-likeness (QED) is 0.319. The molecule has 5 N–H and O–H groups in total. The van der Waals surface area contributed by atoms with E-state index in [2.05, 4.69) is 87.8 Å². The molecule has 7 nitrogen and oxygen atoms in total. The first-order chi connectivity index (χ1) is 12.2. The van der Waals surface area contributed by atoms with Crippen LogP contribution >= 0.6 is 15.1 Å². The van der Waals surface area contributed by atoms with Crippen molar-refractivity contribution in [2.45, 2.75) is 132 Å². The molecule has 0 aliphatic carbocycles. The molecule has 0 unspecified atom stereocenters. The van der Waals surface area contributed by atoms with Gasteiger partial charge in [-0.05, 0) is 104 Å². The van der Waals surface area contributed by atoms with Crippen LogP contribution in [0, 0.1) is 0 Å². The van der Waals surface area contributed by atoms with E-state index in [9.17, 15) is 4.57 Å². The van der Waals surface area contributed by atoms with Crippen LogP contribution in [0.1, 0.15) is 104 Å². The highest BCUT2D eigenvalue weighted by Gasteiger charge is 2.39. The van der Waals surface area contributed by atoms with Gasteiger partial charge < -0.3 is 0 Å². The normalized spacial score (nSPS) is 15.6. The summed E-state index contributed by atoms with van der Waals surface area (Å²) in [5.41, 5.74) is -1.50. The molecule has 0 aromatic rings. The second-order valence-corrected chi connectivity index (χ2v) is 17.4. The lowest BCUT2D eigenvalue weighted by Gasteiger charge is -2.43. The summed E-state index contributed by atoms with van der Waals surface area (Å²) in [4.78, 5) is 0. The smallest absolute Gasteiger partial charge is 0.262 e. The zero-order chi connectivity index (χ0) is 23.7. The van der Waals surface area contributed by atoms with Gasteiger partial charge in [0, 0.05) is 27.7 Å². The lowest BCUT2D eigenvalue weighted by molar-refractivity contribution is 0.445. The summed E-state index contributed by atoms with van der Waals surface area (Å²) in [5.74, 6) is 0. The van der Waals surface area contributed by atoms with Crippen LogP contribution < -0.4 is 25.4 Å². The van der Waals surface area contributed by atoms with Crippen molar-refractivity contribution in [2.75, 3.05) is 0 Å². The number of hydrogen-bond donors (Lipinski definition) is 5. The Labute approximate surface area is 181 Å². The Balaban J connectivity index is 6.93. The Morgan fingerprint density at radius 2 is 0.655 bits per heavy atom. The molecule has 29 heavy (non-hydrogen) atoms. The van der Waals surface area contributed by atoms with E-state index >= 15 is 0 Å². The van der Waals surface area contributed by atoms with Gasteiger partial charge >= 0.3 is 7.59 Å². The lowest BCUT2D eigenvalue weighted by Crippen LogP contribution is -2.52. The van der Waals surface area contributed by atoms with Gasteiger partial charge in [0.15, 0.2) is 7.51 Å². The fourth-order valence-electron chi connectivity index (χ4n) is 2.78. The fourth-order valence-corrected chi connectivity index (χ4v) is 10.1. The molecule has 0 aliphatic rings. The van der Waals surface area contributed by atoms with Crippen molar-refractivity contribution in [2.24, 2.45) is 4.52 Å². The van der Waals surface area contributed by atoms with Crippen molar-refractivity contribution >= 4 is 15.1 Å². The van der Waals surface area contributed by atoms with Crippen LogP contribution in [0.2, 0.25) is 0 Å². The fraction of sp³-hybridized carbons (Fsp3) is 1.00. The topological polar surface area (TPSA) is 89.6 Å². The Kier molecular flexibility index (Phi) is 9.10. The minimum Gasteiger partial charge on any atom is -0.262 e. The number of nitrogens with zero attached hydrogens (tertiary/aromatic N) is 1. The zero-order valence-electron chi connectivity index (χ0n) is 21.7. The summed E-state index contributed by atoms with van der Waals surface area (Å²) in [6, 6.07) is 0. The average Bonchev–Trinajstić information content (AvgIpc) is 2.10. The molecule has 0 aromatic carbocycles.